The van der Waals surface area contributed by atoms with E-state index in [9.17, 15) is 19.2 Å². The topological polar surface area (TPSA) is 80.8 Å². The maximum Gasteiger partial charge on any atom is 0.306 e. The van der Waals surface area contributed by atoms with Crippen LogP contribution in [-0.4, -0.2) is 58.0 Å². The fourth-order valence-electron chi connectivity index (χ4n) is 12.2. The number of unbranched alkanes of at least 4 members (excludes halogenated alkanes) is 3. The van der Waals surface area contributed by atoms with Gasteiger partial charge in [-0.3, -0.25) is 19.2 Å². The van der Waals surface area contributed by atoms with Crippen molar-refractivity contribution in [3.05, 3.63) is 11.6 Å². The van der Waals surface area contributed by atoms with Crippen LogP contribution in [0.2, 0.25) is 0 Å². The maximum atomic E-state index is 13.0. The molecule has 5 rings (SSSR count). The molecule has 0 N–H and O–H groups in total. The summed E-state index contributed by atoms with van der Waals surface area (Å²) in [5.41, 5.74) is 2.71. The quantitative estimate of drug-likeness (QED) is 0.0466. The van der Waals surface area contributed by atoms with E-state index in [2.05, 4.69) is 40.7 Å². The number of carbonyl (C=O) groups excluding carboxylic acids is 4. The first-order valence-electron chi connectivity index (χ1n) is 23.8. The van der Waals surface area contributed by atoms with E-state index < -0.39 is 12.1 Å². The Morgan fingerprint density at radius 2 is 1.68 bits per heavy atom. The Balaban J connectivity index is 0.933. The van der Waals surface area contributed by atoms with E-state index in [1.165, 1.54) is 70.6 Å². The van der Waals surface area contributed by atoms with Gasteiger partial charge in [-0.05, 0) is 117 Å². The Morgan fingerprint density at radius 1 is 0.893 bits per heavy atom. The van der Waals surface area contributed by atoms with Crippen LogP contribution in [0.5, 0.6) is 0 Å². The third kappa shape index (κ3) is 11.7. The number of hydrogen-bond acceptors (Lipinski definition) is 7. The predicted molar refractivity (Wildman–Crippen MR) is 234 cm³/mol. The normalized spacial score (nSPS) is 33.3. The SMILES string of the molecule is [2H]C[C@@H]1C[C@@H](OC(=O)CCC(=O)CC)CN1C(=O)CCCCCCC(=O)CCSS[C@H]1CC[C@@]2(C)C(=CCC3C2CC[C@@]2(C)C3CC[C@@H]2[C@H](C)CCCC(C)C)C1. The van der Waals surface area contributed by atoms with Crippen LogP contribution in [0.25, 0.3) is 0 Å². The number of allylic oxidation sites excluding steroid dienone is 2. The molecule has 1 aliphatic heterocycles. The lowest BCUT2D eigenvalue weighted by Crippen LogP contribution is -2.50. The second kappa shape index (κ2) is 21.3. The molecule has 5 aliphatic rings. The monoisotopic (exact) mass is 815 g/mol. The van der Waals surface area contributed by atoms with Gasteiger partial charge in [0.25, 0.3) is 0 Å². The van der Waals surface area contributed by atoms with Gasteiger partial charge in [-0.2, -0.15) is 0 Å². The van der Waals surface area contributed by atoms with E-state index in [-0.39, 0.29) is 37.5 Å². The van der Waals surface area contributed by atoms with Crippen LogP contribution in [0, 0.1) is 46.3 Å². The summed E-state index contributed by atoms with van der Waals surface area (Å²) >= 11 is 0. The van der Waals surface area contributed by atoms with Crippen molar-refractivity contribution < 1.29 is 25.3 Å². The Bertz CT molecular complexity index is 1390. The molecule has 1 saturated heterocycles. The molecule has 10 atom stereocenters. The van der Waals surface area contributed by atoms with Crippen LogP contribution in [0.4, 0.5) is 0 Å². The van der Waals surface area contributed by atoms with E-state index in [1.54, 1.807) is 17.4 Å². The summed E-state index contributed by atoms with van der Waals surface area (Å²) in [4.78, 5) is 51.1. The van der Waals surface area contributed by atoms with E-state index in [1.807, 2.05) is 21.6 Å². The number of esters is 1. The zero-order chi connectivity index (χ0) is 41.2. The number of hydrogen-bond donors (Lipinski definition) is 0. The second-order valence-electron chi connectivity index (χ2n) is 19.7. The highest BCUT2D eigenvalue weighted by molar-refractivity contribution is 8.76. The van der Waals surface area contributed by atoms with E-state index >= 15 is 0 Å². The van der Waals surface area contributed by atoms with Crippen LogP contribution in [-0.2, 0) is 23.9 Å². The molecule has 3 unspecified atom stereocenters. The highest BCUT2D eigenvalue weighted by Gasteiger charge is 2.59. The molecule has 0 bridgehead atoms. The van der Waals surface area contributed by atoms with Gasteiger partial charge in [-0.1, -0.05) is 107 Å². The number of ketones is 2. The summed E-state index contributed by atoms with van der Waals surface area (Å²) in [6.07, 6.45) is 23.9. The highest BCUT2D eigenvalue weighted by atomic mass is 33.1. The minimum Gasteiger partial charge on any atom is -0.460 e. The third-order valence-corrected chi connectivity index (χ3v) is 18.4. The molecule has 1 amide bonds. The lowest BCUT2D eigenvalue weighted by molar-refractivity contribution is -0.150. The first-order valence-corrected chi connectivity index (χ1v) is 25.5. The number of nitrogens with zero attached hydrogens (tertiary/aromatic N) is 1. The first-order chi connectivity index (χ1) is 27.3. The van der Waals surface area contributed by atoms with Crippen LogP contribution >= 0.6 is 21.6 Å². The number of amides is 1. The van der Waals surface area contributed by atoms with Crippen LogP contribution in [0.1, 0.15) is 191 Å². The number of rotatable bonds is 22. The summed E-state index contributed by atoms with van der Waals surface area (Å²) in [6, 6.07) is -0.233. The summed E-state index contributed by atoms with van der Waals surface area (Å²) in [5, 5.41) is 0.667. The smallest absolute Gasteiger partial charge is 0.306 e. The van der Waals surface area contributed by atoms with Crippen molar-refractivity contribution in [2.24, 2.45) is 46.3 Å². The van der Waals surface area contributed by atoms with Crippen molar-refractivity contribution >= 4 is 45.0 Å². The predicted octanol–water partition coefficient (Wildman–Crippen LogP) is 12.4. The summed E-state index contributed by atoms with van der Waals surface area (Å²) in [6.45, 7) is 14.9. The van der Waals surface area contributed by atoms with Gasteiger partial charge in [0.15, 0.2) is 0 Å². The lowest BCUT2D eigenvalue weighted by Gasteiger charge is -2.58. The summed E-state index contributed by atoms with van der Waals surface area (Å²) in [7, 11) is 3.96. The van der Waals surface area contributed by atoms with Crippen LogP contribution < -0.4 is 0 Å². The Hall–Kier alpha value is -1.28. The van der Waals surface area contributed by atoms with Crippen molar-refractivity contribution in [1.29, 1.82) is 0 Å². The molecule has 56 heavy (non-hydrogen) atoms. The van der Waals surface area contributed by atoms with Gasteiger partial charge in [0.05, 0.1) is 13.0 Å². The van der Waals surface area contributed by atoms with Gasteiger partial charge in [0, 0.05) is 56.9 Å². The van der Waals surface area contributed by atoms with Gasteiger partial charge in [-0.15, -0.1) is 0 Å². The van der Waals surface area contributed by atoms with Gasteiger partial charge < -0.3 is 9.64 Å². The van der Waals surface area contributed by atoms with Crippen molar-refractivity contribution in [3.63, 3.8) is 0 Å². The summed E-state index contributed by atoms with van der Waals surface area (Å²) in [5.74, 6) is 6.19. The minimum atomic E-state index is -0.403. The lowest BCUT2D eigenvalue weighted by atomic mass is 9.47. The number of ether oxygens (including phenoxy) is 1. The molecule has 0 aromatic rings. The molecular formula is C48H79NO5S2. The standard InChI is InChI=1S/C48H79NO5S2/c1-8-37(50)19-23-46(53)54-39-30-35(5)49(32-39)45(52)17-12-10-9-11-16-38(51)26-29-55-56-40-24-27-47(6)36(31-40)18-20-41-43-22-21-42(34(4)15-13-14-33(2)3)48(43,7)28-25-44(41)47/h18,33-35,39-44H,8-17,19-32H2,1-7H3/t34-,35-,39-,40+,41?,42-,43?,44?,47+,48-/m1/s1/i5D. The van der Waals surface area contributed by atoms with Gasteiger partial charge >= 0.3 is 5.97 Å². The Morgan fingerprint density at radius 3 is 2.43 bits per heavy atom. The Kier molecular flexibility index (Phi) is 16.8. The van der Waals surface area contributed by atoms with Crippen LogP contribution in [0.15, 0.2) is 11.6 Å². The number of Topliss-reactive ketones (excluding diaryl/α,β-unsaturated/α-hetero) is 2. The molecule has 0 aromatic carbocycles. The molecule has 8 heteroatoms. The molecule has 0 aromatic heterocycles. The average Bonchev–Trinajstić information content (AvgIpc) is 3.77. The summed E-state index contributed by atoms with van der Waals surface area (Å²) < 4.78 is 13.4. The second-order valence-corrected chi connectivity index (χ2v) is 22.5. The van der Waals surface area contributed by atoms with E-state index in [0.29, 0.717) is 60.5 Å². The highest BCUT2D eigenvalue weighted by Crippen LogP contribution is 2.67. The molecule has 4 aliphatic carbocycles. The minimum absolute atomic E-state index is 0.0145. The van der Waals surface area contributed by atoms with Gasteiger partial charge in [0.1, 0.15) is 17.7 Å². The van der Waals surface area contributed by atoms with Gasteiger partial charge in [0.2, 0.25) is 5.91 Å². The van der Waals surface area contributed by atoms with Crippen molar-refractivity contribution in [2.45, 2.75) is 207 Å². The van der Waals surface area contributed by atoms with Crippen molar-refractivity contribution in [1.82, 2.24) is 4.90 Å². The molecule has 0 radical (unpaired) electrons. The Labute approximate surface area is 351 Å². The largest absolute Gasteiger partial charge is 0.460 e. The third-order valence-electron chi connectivity index (χ3n) is 15.5. The van der Waals surface area contributed by atoms with E-state index in [4.69, 9.17) is 6.11 Å². The number of likely N-dealkylation sites (tertiary alicyclic amines) is 1. The van der Waals surface area contributed by atoms with Crippen molar-refractivity contribution in [3.8, 4) is 0 Å². The fourth-order valence-corrected chi connectivity index (χ4v) is 14.9. The average molecular weight is 815 g/mol. The molecule has 1 heterocycles. The maximum absolute atomic E-state index is 13.0. The number of carbonyl (C=O) groups is 4. The first kappa shape index (κ1) is 44.3. The van der Waals surface area contributed by atoms with Crippen molar-refractivity contribution in [2.75, 3.05) is 12.3 Å². The zero-order valence-corrected chi connectivity index (χ0v) is 37.9. The molecule has 3 saturated carbocycles. The number of fused-ring (bicyclic) bond motifs is 5. The molecule has 0 spiro atoms. The zero-order valence-electron chi connectivity index (χ0n) is 37.3. The molecule has 6 nitrogen and oxygen atoms in total. The van der Waals surface area contributed by atoms with Gasteiger partial charge in [-0.25, -0.2) is 0 Å². The molecular weight excluding hydrogens is 735 g/mol. The fraction of sp³-hybridized carbons (Fsp3) is 0.875. The van der Waals surface area contributed by atoms with E-state index in [0.717, 1.165) is 66.9 Å². The molecule has 318 valence electrons. The van der Waals surface area contributed by atoms with Crippen LogP contribution in [0.3, 0.4) is 0 Å². The molecule has 4 fully saturated rings.